The predicted molar refractivity (Wildman–Crippen MR) is 91.2 cm³/mol. The molecule has 1 aliphatic rings. The minimum Gasteiger partial charge on any atom is -0.493 e. The van der Waals surface area contributed by atoms with Crippen LogP contribution in [0.25, 0.3) is 0 Å². The maximum atomic E-state index is 12.5. The molecule has 1 aromatic carbocycles. The summed E-state index contributed by atoms with van der Waals surface area (Å²) < 4.78 is 10.5. The first-order chi connectivity index (χ1) is 11.2. The number of methoxy groups -OCH3 is 2. The summed E-state index contributed by atoms with van der Waals surface area (Å²) in [7, 11) is 3.22. The Hall–Kier alpha value is -1.75. The Balaban J connectivity index is 1.88. The molecule has 0 aliphatic carbocycles. The van der Waals surface area contributed by atoms with Gasteiger partial charge < -0.3 is 14.4 Å². The average molecular weight is 320 g/mol. The number of rotatable bonds is 7. The monoisotopic (exact) mass is 320 g/mol. The first-order valence-corrected chi connectivity index (χ1v) is 8.39. The van der Waals surface area contributed by atoms with Gasteiger partial charge in [0, 0.05) is 26.2 Å². The molecule has 1 saturated heterocycles. The Kier molecular flexibility index (Phi) is 6.71. The van der Waals surface area contributed by atoms with Crippen LogP contribution < -0.4 is 9.47 Å². The number of piperazine rings is 1. The molecule has 0 spiro atoms. The minimum absolute atomic E-state index is 0.187. The van der Waals surface area contributed by atoms with Gasteiger partial charge in [0.25, 0.3) is 0 Å². The van der Waals surface area contributed by atoms with Crippen molar-refractivity contribution in [2.75, 3.05) is 46.9 Å². The molecule has 2 rings (SSSR count). The molecule has 0 bridgehead atoms. The zero-order chi connectivity index (χ0) is 16.7. The zero-order valence-electron chi connectivity index (χ0n) is 14.5. The van der Waals surface area contributed by atoms with Gasteiger partial charge in [-0.25, -0.2) is 0 Å². The SMILES string of the molecule is CCCCN1CCN(C(=O)Cc2ccc(OC)c(OC)c2)CC1. The molecule has 0 radical (unpaired) electrons. The molecule has 0 unspecified atom stereocenters. The van der Waals surface area contributed by atoms with E-state index in [0.29, 0.717) is 17.9 Å². The summed E-state index contributed by atoms with van der Waals surface area (Å²) in [6, 6.07) is 5.66. The molecule has 0 saturated carbocycles. The van der Waals surface area contributed by atoms with E-state index in [9.17, 15) is 4.79 Å². The van der Waals surface area contributed by atoms with Crippen molar-refractivity contribution in [1.29, 1.82) is 0 Å². The van der Waals surface area contributed by atoms with Crippen LogP contribution >= 0.6 is 0 Å². The standard InChI is InChI=1S/C18H28N2O3/c1-4-5-8-19-9-11-20(12-10-19)18(21)14-15-6-7-16(22-2)17(13-15)23-3/h6-7,13H,4-5,8-12,14H2,1-3H3. The Morgan fingerprint density at radius 1 is 1.09 bits per heavy atom. The molecule has 0 aromatic heterocycles. The summed E-state index contributed by atoms with van der Waals surface area (Å²) in [5.74, 6) is 1.54. The van der Waals surface area contributed by atoms with Crippen LogP contribution in [-0.4, -0.2) is 62.7 Å². The van der Waals surface area contributed by atoms with Gasteiger partial charge in [0.2, 0.25) is 5.91 Å². The largest absolute Gasteiger partial charge is 0.493 e. The lowest BCUT2D eigenvalue weighted by Crippen LogP contribution is -2.49. The molecule has 0 N–H and O–H groups in total. The van der Waals surface area contributed by atoms with Crippen LogP contribution in [0.1, 0.15) is 25.3 Å². The molecule has 5 heteroatoms. The van der Waals surface area contributed by atoms with E-state index in [4.69, 9.17) is 9.47 Å². The van der Waals surface area contributed by atoms with Gasteiger partial charge >= 0.3 is 0 Å². The average Bonchev–Trinajstić information content (AvgIpc) is 2.60. The second kappa shape index (κ2) is 8.77. The lowest BCUT2D eigenvalue weighted by Gasteiger charge is -2.34. The lowest BCUT2D eigenvalue weighted by molar-refractivity contribution is -0.132. The van der Waals surface area contributed by atoms with E-state index in [1.54, 1.807) is 14.2 Å². The molecule has 1 heterocycles. The van der Waals surface area contributed by atoms with E-state index in [1.807, 2.05) is 23.1 Å². The summed E-state index contributed by atoms with van der Waals surface area (Å²) in [6.07, 6.45) is 2.87. The van der Waals surface area contributed by atoms with Gasteiger partial charge in [-0.2, -0.15) is 0 Å². The van der Waals surface area contributed by atoms with Crippen LogP contribution in [-0.2, 0) is 11.2 Å². The van der Waals surface area contributed by atoms with E-state index in [0.717, 1.165) is 38.3 Å². The molecular weight excluding hydrogens is 292 g/mol. The third-order valence-corrected chi connectivity index (χ3v) is 4.36. The van der Waals surface area contributed by atoms with Gasteiger partial charge in [0.05, 0.1) is 20.6 Å². The smallest absolute Gasteiger partial charge is 0.227 e. The number of hydrogen-bond acceptors (Lipinski definition) is 4. The van der Waals surface area contributed by atoms with Crippen molar-refractivity contribution in [2.45, 2.75) is 26.2 Å². The van der Waals surface area contributed by atoms with Gasteiger partial charge in [-0.3, -0.25) is 9.69 Å². The first-order valence-electron chi connectivity index (χ1n) is 8.39. The van der Waals surface area contributed by atoms with E-state index in [2.05, 4.69) is 11.8 Å². The summed E-state index contributed by atoms with van der Waals surface area (Å²) in [6.45, 7) is 6.98. The van der Waals surface area contributed by atoms with Gasteiger partial charge in [-0.15, -0.1) is 0 Å². The number of carbonyl (C=O) groups excluding carboxylic acids is 1. The number of carbonyl (C=O) groups is 1. The van der Waals surface area contributed by atoms with Gasteiger partial charge in [0.15, 0.2) is 11.5 Å². The predicted octanol–water partition coefficient (Wildman–Crippen LogP) is 2.19. The Morgan fingerprint density at radius 3 is 2.39 bits per heavy atom. The molecule has 0 atom stereocenters. The van der Waals surface area contributed by atoms with Crippen molar-refractivity contribution in [3.8, 4) is 11.5 Å². The van der Waals surface area contributed by atoms with E-state index in [-0.39, 0.29) is 5.91 Å². The van der Waals surface area contributed by atoms with Crippen LogP contribution in [0.2, 0.25) is 0 Å². The Morgan fingerprint density at radius 2 is 1.78 bits per heavy atom. The molecule has 128 valence electrons. The minimum atomic E-state index is 0.187. The van der Waals surface area contributed by atoms with E-state index < -0.39 is 0 Å². The van der Waals surface area contributed by atoms with Crippen LogP contribution in [0.15, 0.2) is 18.2 Å². The molecule has 5 nitrogen and oxygen atoms in total. The van der Waals surface area contributed by atoms with Gasteiger partial charge in [-0.1, -0.05) is 19.4 Å². The van der Waals surface area contributed by atoms with Crippen molar-refractivity contribution >= 4 is 5.91 Å². The number of nitrogens with zero attached hydrogens (tertiary/aromatic N) is 2. The highest BCUT2D eigenvalue weighted by Crippen LogP contribution is 2.27. The fourth-order valence-corrected chi connectivity index (χ4v) is 2.88. The number of hydrogen-bond donors (Lipinski definition) is 0. The van der Waals surface area contributed by atoms with Crippen molar-refractivity contribution in [3.63, 3.8) is 0 Å². The fourth-order valence-electron chi connectivity index (χ4n) is 2.88. The number of amides is 1. The fraction of sp³-hybridized carbons (Fsp3) is 0.611. The number of benzene rings is 1. The van der Waals surface area contributed by atoms with Crippen LogP contribution in [0.3, 0.4) is 0 Å². The van der Waals surface area contributed by atoms with Crippen molar-refractivity contribution in [2.24, 2.45) is 0 Å². The highest BCUT2D eigenvalue weighted by molar-refractivity contribution is 5.79. The summed E-state index contributed by atoms with van der Waals surface area (Å²) >= 11 is 0. The van der Waals surface area contributed by atoms with Crippen molar-refractivity contribution in [3.05, 3.63) is 23.8 Å². The molecule has 1 amide bonds. The summed E-state index contributed by atoms with van der Waals surface area (Å²) in [5, 5.41) is 0. The normalized spacial score (nSPS) is 15.5. The zero-order valence-corrected chi connectivity index (χ0v) is 14.5. The van der Waals surface area contributed by atoms with E-state index in [1.165, 1.54) is 12.8 Å². The Labute approximate surface area is 139 Å². The van der Waals surface area contributed by atoms with Crippen LogP contribution in [0.5, 0.6) is 11.5 Å². The summed E-state index contributed by atoms with van der Waals surface area (Å²) in [4.78, 5) is 16.9. The lowest BCUT2D eigenvalue weighted by atomic mass is 10.1. The molecular formula is C18H28N2O3. The molecule has 23 heavy (non-hydrogen) atoms. The van der Waals surface area contributed by atoms with Crippen molar-refractivity contribution < 1.29 is 14.3 Å². The summed E-state index contributed by atoms with van der Waals surface area (Å²) in [5.41, 5.74) is 0.959. The molecule has 1 fully saturated rings. The highest BCUT2D eigenvalue weighted by Gasteiger charge is 2.21. The van der Waals surface area contributed by atoms with Crippen molar-refractivity contribution in [1.82, 2.24) is 9.80 Å². The third-order valence-electron chi connectivity index (χ3n) is 4.36. The topological polar surface area (TPSA) is 42.0 Å². The number of ether oxygens (including phenoxy) is 2. The van der Waals surface area contributed by atoms with E-state index >= 15 is 0 Å². The maximum Gasteiger partial charge on any atom is 0.227 e. The Bertz CT molecular complexity index is 511. The second-order valence-corrected chi connectivity index (χ2v) is 5.94. The first kappa shape index (κ1) is 17.6. The second-order valence-electron chi connectivity index (χ2n) is 5.94. The molecule has 1 aliphatic heterocycles. The highest BCUT2D eigenvalue weighted by atomic mass is 16.5. The third kappa shape index (κ3) is 4.86. The maximum absolute atomic E-state index is 12.5. The van der Waals surface area contributed by atoms with Crippen LogP contribution in [0.4, 0.5) is 0 Å². The van der Waals surface area contributed by atoms with Crippen LogP contribution in [0, 0.1) is 0 Å². The molecule has 1 aromatic rings. The quantitative estimate of drug-likeness (QED) is 0.772. The number of unbranched alkanes of at least 4 members (excludes halogenated alkanes) is 1. The van der Waals surface area contributed by atoms with Gasteiger partial charge in [0.1, 0.15) is 0 Å². The van der Waals surface area contributed by atoms with Gasteiger partial charge in [-0.05, 0) is 30.7 Å².